The van der Waals surface area contributed by atoms with E-state index in [0.717, 1.165) is 11.8 Å². The summed E-state index contributed by atoms with van der Waals surface area (Å²) >= 11 is 6.04. The van der Waals surface area contributed by atoms with Gasteiger partial charge < -0.3 is 14.3 Å². The molecule has 1 aliphatic heterocycles. The van der Waals surface area contributed by atoms with Crippen LogP contribution in [0.3, 0.4) is 0 Å². The zero-order valence-corrected chi connectivity index (χ0v) is 17.6. The maximum Gasteiger partial charge on any atom is 0.338 e. The first-order valence-corrected chi connectivity index (χ1v) is 10.2. The number of esters is 2. The molecule has 158 valence electrons. The maximum absolute atomic E-state index is 13.2. The minimum absolute atomic E-state index is 0.0801. The van der Waals surface area contributed by atoms with Gasteiger partial charge in [-0.1, -0.05) is 54.1 Å². The predicted octanol–water partition coefficient (Wildman–Crippen LogP) is 3.45. The van der Waals surface area contributed by atoms with Gasteiger partial charge in [-0.2, -0.15) is 0 Å². The van der Waals surface area contributed by atoms with Crippen molar-refractivity contribution in [1.82, 2.24) is 5.32 Å². The number of halogens is 1. The van der Waals surface area contributed by atoms with Crippen LogP contribution in [0.4, 0.5) is 0 Å². The molecule has 0 aromatic heterocycles. The third kappa shape index (κ3) is 3.85. The summed E-state index contributed by atoms with van der Waals surface area (Å²) in [7, 11) is 0. The summed E-state index contributed by atoms with van der Waals surface area (Å²) in [5, 5.41) is 3.65. The summed E-state index contributed by atoms with van der Waals surface area (Å²) in [5.41, 5.74) is -0.473. The molecule has 0 unspecified atom stereocenters. The molecule has 3 atom stereocenters. The van der Waals surface area contributed by atoms with Crippen LogP contribution >= 0.6 is 11.6 Å². The molecule has 0 aliphatic carbocycles. The van der Waals surface area contributed by atoms with Crippen molar-refractivity contribution in [2.24, 2.45) is 5.92 Å². The van der Waals surface area contributed by atoms with E-state index in [2.05, 4.69) is 5.32 Å². The van der Waals surface area contributed by atoms with Crippen LogP contribution in [0, 0.1) is 5.92 Å². The highest BCUT2D eigenvalue weighted by atomic mass is 35.5. The fourth-order valence-corrected chi connectivity index (χ4v) is 4.25. The number of aldehydes is 1. The standard InChI is InChI=1S/C23H24ClNO5/c1-3-29-21(27)23(22(28)30-4-2)19(15-10-12-17(24)13-11-15)18(14-26)20(25-23)16-8-6-5-7-9-16/h5-14,18-20,25H,3-4H2,1-2H3/t18-,19-,20-/m1/s1. The van der Waals surface area contributed by atoms with Gasteiger partial charge in [0.1, 0.15) is 6.29 Å². The van der Waals surface area contributed by atoms with E-state index in [1.54, 1.807) is 38.1 Å². The zero-order valence-electron chi connectivity index (χ0n) is 16.8. The topological polar surface area (TPSA) is 81.7 Å². The van der Waals surface area contributed by atoms with Gasteiger partial charge in [0.2, 0.25) is 5.54 Å². The lowest BCUT2D eigenvalue weighted by molar-refractivity contribution is -0.166. The molecular weight excluding hydrogens is 406 g/mol. The van der Waals surface area contributed by atoms with E-state index in [0.29, 0.717) is 10.6 Å². The van der Waals surface area contributed by atoms with Gasteiger partial charge >= 0.3 is 11.9 Å². The fraction of sp³-hybridized carbons (Fsp3) is 0.348. The van der Waals surface area contributed by atoms with Crippen LogP contribution in [0.25, 0.3) is 0 Å². The SMILES string of the molecule is CCOC(=O)C1(C(=O)OCC)N[C@H](c2ccccc2)[C@H](C=O)[C@H]1c1ccc(Cl)cc1. The van der Waals surface area contributed by atoms with Gasteiger partial charge in [-0.25, -0.2) is 9.59 Å². The highest BCUT2D eigenvalue weighted by Crippen LogP contribution is 2.49. The average molecular weight is 430 g/mol. The van der Waals surface area contributed by atoms with Crippen molar-refractivity contribution in [1.29, 1.82) is 0 Å². The Morgan fingerprint density at radius 2 is 1.53 bits per heavy atom. The number of ether oxygens (including phenoxy) is 2. The Morgan fingerprint density at radius 3 is 2.03 bits per heavy atom. The lowest BCUT2D eigenvalue weighted by atomic mass is 9.74. The molecule has 3 rings (SSSR count). The van der Waals surface area contributed by atoms with Crippen LogP contribution < -0.4 is 5.32 Å². The van der Waals surface area contributed by atoms with Crippen LogP contribution in [0.15, 0.2) is 54.6 Å². The summed E-state index contributed by atoms with van der Waals surface area (Å²) < 4.78 is 10.6. The molecule has 2 aromatic rings. The summed E-state index contributed by atoms with van der Waals surface area (Å²) in [4.78, 5) is 38.8. The molecule has 0 bridgehead atoms. The Labute approximate surface area is 180 Å². The van der Waals surface area contributed by atoms with E-state index in [9.17, 15) is 14.4 Å². The Balaban J connectivity index is 2.23. The monoisotopic (exact) mass is 429 g/mol. The first-order valence-electron chi connectivity index (χ1n) is 9.87. The van der Waals surface area contributed by atoms with Gasteiger partial charge in [-0.3, -0.25) is 5.32 Å². The highest BCUT2D eigenvalue weighted by molar-refractivity contribution is 6.30. The van der Waals surface area contributed by atoms with Gasteiger partial charge in [0, 0.05) is 22.9 Å². The largest absolute Gasteiger partial charge is 0.464 e. The molecule has 0 amide bonds. The van der Waals surface area contributed by atoms with Crippen LogP contribution in [0.2, 0.25) is 5.02 Å². The summed E-state index contributed by atoms with van der Waals surface area (Å²) in [6.07, 6.45) is 0.782. The lowest BCUT2D eigenvalue weighted by Crippen LogP contribution is -2.59. The number of carbonyl (C=O) groups is 3. The number of rotatable bonds is 7. The molecule has 0 saturated carbocycles. The summed E-state index contributed by atoms with van der Waals surface area (Å²) in [6, 6.07) is 15.4. The molecule has 7 heteroatoms. The van der Waals surface area contributed by atoms with Crippen molar-refractivity contribution >= 4 is 29.8 Å². The van der Waals surface area contributed by atoms with E-state index >= 15 is 0 Å². The van der Waals surface area contributed by atoms with Crippen LogP contribution in [0.5, 0.6) is 0 Å². The van der Waals surface area contributed by atoms with E-state index in [1.165, 1.54) is 0 Å². The van der Waals surface area contributed by atoms with E-state index in [-0.39, 0.29) is 13.2 Å². The molecule has 6 nitrogen and oxygen atoms in total. The predicted molar refractivity (Wildman–Crippen MR) is 112 cm³/mol. The Kier molecular flexibility index (Phi) is 6.90. The van der Waals surface area contributed by atoms with Crippen LogP contribution in [-0.2, 0) is 23.9 Å². The number of hydrogen-bond donors (Lipinski definition) is 1. The average Bonchev–Trinajstić information content (AvgIpc) is 3.12. The van der Waals surface area contributed by atoms with Crippen molar-refractivity contribution in [3.05, 3.63) is 70.7 Å². The molecule has 1 N–H and O–H groups in total. The molecule has 1 aliphatic rings. The molecule has 2 aromatic carbocycles. The minimum Gasteiger partial charge on any atom is -0.464 e. The zero-order chi connectivity index (χ0) is 21.7. The Bertz CT molecular complexity index is 882. The smallest absolute Gasteiger partial charge is 0.338 e. The van der Waals surface area contributed by atoms with Crippen LogP contribution in [-0.4, -0.2) is 37.0 Å². The Morgan fingerprint density at radius 1 is 0.967 bits per heavy atom. The molecule has 1 heterocycles. The number of hydrogen-bond acceptors (Lipinski definition) is 6. The van der Waals surface area contributed by atoms with Crippen molar-refractivity contribution in [2.45, 2.75) is 31.3 Å². The van der Waals surface area contributed by atoms with Crippen LogP contribution in [0.1, 0.15) is 36.9 Å². The third-order valence-corrected chi connectivity index (χ3v) is 5.61. The molecule has 0 spiro atoms. The second-order valence-corrected chi connectivity index (χ2v) is 7.46. The number of carbonyl (C=O) groups excluding carboxylic acids is 3. The molecular formula is C23H24ClNO5. The second-order valence-electron chi connectivity index (χ2n) is 7.02. The minimum atomic E-state index is -1.87. The number of benzene rings is 2. The molecule has 0 radical (unpaired) electrons. The van der Waals surface area contributed by atoms with E-state index in [1.807, 2.05) is 30.3 Å². The first kappa shape index (κ1) is 22.0. The van der Waals surface area contributed by atoms with Crippen molar-refractivity contribution in [3.8, 4) is 0 Å². The van der Waals surface area contributed by atoms with Crippen molar-refractivity contribution < 1.29 is 23.9 Å². The summed E-state index contributed by atoms with van der Waals surface area (Å²) in [5.74, 6) is -3.10. The third-order valence-electron chi connectivity index (χ3n) is 5.36. The van der Waals surface area contributed by atoms with E-state index in [4.69, 9.17) is 21.1 Å². The first-order chi connectivity index (χ1) is 14.5. The second kappa shape index (κ2) is 9.41. The number of nitrogens with one attached hydrogen (secondary N) is 1. The van der Waals surface area contributed by atoms with Gasteiger partial charge in [-0.05, 0) is 37.1 Å². The van der Waals surface area contributed by atoms with E-state index < -0.39 is 35.4 Å². The molecule has 1 fully saturated rings. The van der Waals surface area contributed by atoms with Gasteiger partial charge in [0.05, 0.1) is 13.2 Å². The Hall–Kier alpha value is -2.70. The quantitative estimate of drug-likeness (QED) is 0.412. The van der Waals surface area contributed by atoms with Gasteiger partial charge in [0.15, 0.2) is 0 Å². The van der Waals surface area contributed by atoms with Crippen molar-refractivity contribution in [3.63, 3.8) is 0 Å². The molecule has 1 saturated heterocycles. The normalized spacial score (nSPS) is 22.3. The lowest BCUT2D eigenvalue weighted by Gasteiger charge is -2.32. The van der Waals surface area contributed by atoms with Gasteiger partial charge in [0.25, 0.3) is 0 Å². The summed E-state index contributed by atoms with van der Waals surface area (Å²) in [6.45, 7) is 3.48. The van der Waals surface area contributed by atoms with Gasteiger partial charge in [-0.15, -0.1) is 0 Å². The highest BCUT2D eigenvalue weighted by Gasteiger charge is 2.65. The van der Waals surface area contributed by atoms with Crippen molar-refractivity contribution in [2.75, 3.05) is 13.2 Å². The maximum atomic E-state index is 13.2. The molecule has 30 heavy (non-hydrogen) atoms. The fourth-order valence-electron chi connectivity index (χ4n) is 4.12.